The van der Waals surface area contributed by atoms with Crippen molar-refractivity contribution < 1.29 is 46.6 Å². The van der Waals surface area contributed by atoms with Crippen LogP contribution in [-0.4, -0.2) is 172 Å². The highest BCUT2D eigenvalue weighted by Gasteiger charge is 2.47. The molecular formula is C52H67F3N10O7S. The van der Waals surface area contributed by atoms with Crippen molar-refractivity contribution in [3.05, 3.63) is 72.1 Å². The van der Waals surface area contributed by atoms with E-state index in [0.717, 1.165) is 0 Å². The fourth-order valence-electron chi connectivity index (χ4n) is 10.9. The van der Waals surface area contributed by atoms with Crippen molar-refractivity contribution in [1.82, 2.24) is 44.9 Å². The number of hydrogen-bond acceptors (Lipinski definition) is 12. The maximum absolute atomic E-state index is 14.8. The number of carbonyl (C=O) groups excluding carboxylic acids is 5. The summed E-state index contributed by atoms with van der Waals surface area (Å²) < 4.78 is 57.2. The van der Waals surface area contributed by atoms with Gasteiger partial charge in [0.05, 0.1) is 40.9 Å². The SMILES string of the molecule is C=CC(=O)N1CCN(C)[C@@H]2CN(C(=O)N(C)[C@H](C(=O)N[C@H]3CC4=NC(=CCS4)c4ccc5c(c4)c(c(-c4cccnc4[C@H](C)OC)n5CC(F)(F)F)CC(C)(C)COC(=O)[C@@H]4CCCN(N4)C3=O)C(C)C)C[C@@H]21. The summed E-state index contributed by atoms with van der Waals surface area (Å²) in [5, 5.41) is 5.42. The first-order valence-corrected chi connectivity index (χ1v) is 25.9. The summed E-state index contributed by atoms with van der Waals surface area (Å²) in [6, 6.07) is 4.79. The molecule has 3 saturated heterocycles. The molecule has 0 radical (unpaired) electrons. The summed E-state index contributed by atoms with van der Waals surface area (Å²) in [5.41, 5.74) is 5.64. The number of likely N-dealkylation sites (N-methyl/N-ethyl adjacent to an activating group) is 2. The highest BCUT2D eigenvalue weighted by Crippen LogP contribution is 2.43. The normalized spacial score (nSPS) is 23.8. The fraction of sp³-hybridized carbons (Fsp3) is 0.558. The third kappa shape index (κ3) is 11.3. The van der Waals surface area contributed by atoms with E-state index in [-0.39, 0.29) is 50.5 Å². The van der Waals surface area contributed by atoms with Crippen molar-refractivity contribution in [2.24, 2.45) is 16.3 Å². The van der Waals surface area contributed by atoms with E-state index in [1.807, 2.05) is 46.9 Å². The minimum absolute atomic E-state index is 0.0490. The number of aromatic nitrogens is 2. The van der Waals surface area contributed by atoms with E-state index in [2.05, 4.69) is 27.2 Å². The molecule has 73 heavy (non-hydrogen) atoms. The van der Waals surface area contributed by atoms with E-state index in [9.17, 15) is 37.1 Å². The molecule has 6 atom stereocenters. The van der Waals surface area contributed by atoms with Crippen LogP contribution in [0.25, 0.3) is 27.9 Å². The number of nitrogens with one attached hydrogen (secondary N) is 2. The Balaban J connectivity index is 1.17. The third-order valence-corrected chi connectivity index (χ3v) is 15.6. The number of aliphatic imine (C=N–C) groups is 1. The Kier molecular flexibility index (Phi) is 15.8. The molecule has 6 bridgehead atoms. The molecule has 7 heterocycles. The van der Waals surface area contributed by atoms with Crippen LogP contribution >= 0.6 is 11.8 Å². The van der Waals surface area contributed by atoms with Gasteiger partial charge >= 0.3 is 18.2 Å². The molecule has 0 saturated carbocycles. The molecule has 1 aromatic carbocycles. The second-order valence-corrected chi connectivity index (χ2v) is 21.9. The molecule has 17 nitrogen and oxygen atoms in total. The van der Waals surface area contributed by atoms with Gasteiger partial charge in [-0.3, -0.25) is 34.1 Å². The molecule has 2 N–H and O–H groups in total. The summed E-state index contributed by atoms with van der Waals surface area (Å²) in [6.07, 6.45) is 0.573. The van der Waals surface area contributed by atoms with E-state index in [1.54, 1.807) is 54.2 Å². The number of benzene rings is 1. The van der Waals surface area contributed by atoms with Gasteiger partial charge in [0.15, 0.2) is 0 Å². The Hall–Kier alpha value is -5.77. The molecule has 8 rings (SSSR count). The second-order valence-electron chi connectivity index (χ2n) is 20.8. The quantitative estimate of drug-likeness (QED) is 0.189. The number of rotatable bonds is 9. The minimum atomic E-state index is -4.60. The number of pyridine rings is 1. The van der Waals surface area contributed by atoms with Crippen molar-refractivity contribution in [2.75, 3.05) is 66.3 Å². The number of piperazine rings is 1. The van der Waals surface area contributed by atoms with Crippen LogP contribution < -0.4 is 10.7 Å². The lowest BCUT2D eigenvalue weighted by Crippen LogP contribution is -2.62. The van der Waals surface area contributed by atoms with Crippen molar-refractivity contribution in [1.29, 1.82) is 0 Å². The molecule has 5 aliphatic rings. The van der Waals surface area contributed by atoms with E-state index in [0.29, 0.717) is 88.0 Å². The maximum atomic E-state index is 14.8. The van der Waals surface area contributed by atoms with Gasteiger partial charge in [-0.2, -0.15) is 13.2 Å². The predicted octanol–water partition coefficient (Wildman–Crippen LogP) is 6.04. The first-order chi connectivity index (χ1) is 34.6. The molecule has 2 aromatic heterocycles. The topological polar surface area (TPSA) is 174 Å². The first-order valence-electron chi connectivity index (χ1n) is 24.9. The lowest BCUT2D eigenvalue weighted by Gasteiger charge is -2.41. The molecule has 0 unspecified atom stereocenters. The lowest BCUT2D eigenvalue weighted by atomic mass is 9.84. The van der Waals surface area contributed by atoms with Crippen molar-refractivity contribution in [2.45, 2.75) is 109 Å². The highest BCUT2D eigenvalue weighted by atomic mass is 32.2. The average Bonchev–Trinajstić information content (AvgIpc) is 3.93. The van der Waals surface area contributed by atoms with Gasteiger partial charge in [-0.05, 0) is 81.1 Å². The molecular weight excluding hydrogens is 966 g/mol. The highest BCUT2D eigenvalue weighted by molar-refractivity contribution is 8.14. The number of methoxy groups -OCH3 is 1. The number of hydrazine groups is 1. The first kappa shape index (κ1) is 53.5. The van der Waals surface area contributed by atoms with Crippen molar-refractivity contribution >= 4 is 63.1 Å². The number of nitrogens with zero attached hydrogens (tertiary/aromatic N) is 8. The minimum Gasteiger partial charge on any atom is -0.464 e. The molecule has 3 aromatic rings. The molecule has 0 spiro atoms. The second kappa shape index (κ2) is 21.6. The van der Waals surface area contributed by atoms with E-state index < -0.39 is 72.1 Å². The molecule has 21 heteroatoms. The Bertz CT molecular complexity index is 2710. The Morgan fingerprint density at radius 2 is 1.86 bits per heavy atom. The number of thioether (sulfide) groups is 1. The Labute approximate surface area is 428 Å². The van der Waals surface area contributed by atoms with Crippen LogP contribution in [0, 0.1) is 11.3 Å². The molecule has 3 fully saturated rings. The number of esters is 1. The van der Waals surface area contributed by atoms with Crippen LogP contribution in [0.4, 0.5) is 18.0 Å². The molecule has 0 aliphatic carbocycles. The lowest BCUT2D eigenvalue weighted by molar-refractivity contribution is -0.155. The van der Waals surface area contributed by atoms with Crippen LogP contribution in [0.5, 0.6) is 0 Å². The molecule has 5 aliphatic heterocycles. The van der Waals surface area contributed by atoms with E-state index >= 15 is 0 Å². The standard InChI is InChI=1S/C52H67F3N10O7S/c1-10-43(66)63-21-20-60(7)40-26-62(27-41(40)63)50(70)61(8)45(30(2)3)47(67)58-38-24-42-57-36(17-22-73-42)32-15-16-39-34(23-32)35(25-51(5,6)29-72-49(69)37-14-12-19-65(59-37)48(38)68)46(64(39)28-52(53,54)55)33-13-11-18-56-44(33)31(4)71-9/h10-11,13,15-18,23,30-31,37-38,40-41,45,59H,1,12,14,19-22,24-29H2,2-9H3,(H,58,67)/t31-,37-,38-,40+,41-,45-/m0/s1. The number of fused-ring (bicyclic) bond motifs is 6. The van der Waals surface area contributed by atoms with Crippen LogP contribution in [-0.2, 0) is 41.6 Å². The van der Waals surface area contributed by atoms with Gasteiger partial charge in [-0.25, -0.2) is 15.2 Å². The van der Waals surface area contributed by atoms with Crippen LogP contribution in [0.1, 0.15) is 76.8 Å². The van der Waals surface area contributed by atoms with Gasteiger partial charge in [0.25, 0.3) is 5.91 Å². The predicted molar refractivity (Wildman–Crippen MR) is 273 cm³/mol. The van der Waals surface area contributed by atoms with Crippen LogP contribution in [0.2, 0.25) is 0 Å². The summed E-state index contributed by atoms with van der Waals surface area (Å²) in [6.45, 7) is 13.5. The number of cyclic esters (lactones) is 1. The molecule has 394 valence electrons. The van der Waals surface area contributed by atoms with Crippen molar-refractivity contribution in [3.8, 4) is 11.3 Å². The summed E-state index contributed by atoms with van der Waals surface area (Å²) in [4.78, 5) is 87.3. The smallest absolute Gasteiger partial charge is 0.406 e. The van der Waals surface area contributed by atoms with E-state index in [1.165, 1.54) is 39.4 Å². The molecule has 5 amide bonds. The number of hydrogen-bond donors (Lipinski definition) is 2. The maximum Gasteiger partial charge on any atom is 0.406 e. The number of urea groups is 1. The van der Waals surface area contributed by atoms with Gasteiger partial charge in [-0.15, -0.1) is 11.8 Å². The van der Waals surface area contributed by atoms with Crippen LogP contribution in [0.15, 0.2) is 60.3 Å². The zero-order valence-electron chi connectivity index (χ0n) is 42.8. The number of ether oxygens (including phenoxy) is 2. The third-order valence-electron chi connectivity index (χ3n) is 14.7. The number of carbonyl (C=O) groups is 5. The fourth-order valence-corrected chi connectivity index (χ4v) is 11.8. The number of amides is 5. The van der Waals surface area contributed by atoms with E-state index in [4.69, 9.17) is 14.5 Å². The van der Waals surface area contributed by atoms with Gasteiger partial charge in [-0.1, -0.05) is 40.3 Å². The Morgan fingerprint density at radius 1 is 1.11 bits per heavy atom. The average molecular weight is 1030 g/mol. The Morgan fingerprint density at radius 3 is 2.58 bits per heavy atom. The zero-order valence-corrected chi connectivity index (χ0v) is 43.6. The van der Waals surface area contributed by atoms with Gasteiger partial charge in [0, 0.05) is 98.7 Å². The monoisotopic (exact) mass is 1030 g/mol. The van der Waals surface area contributed by atoms with Gasteiger partial charge in [0.2, 0.25) is 11.8 Å². The summed E-state index contributed by atoms with van der Waals surface area (Å²) in [5.74, 6) is -1.84. The van der Waals surface area contributed by atoms with Crippen molar-refractivity contribution in [3.63, 3.8) is 0 Å². The van der Waals surface area contributed by atoms with Gasteiger partial charge < -0.3 is 34.1 Å². The van der Waals surface area contributed by atoms with Crippen LogP contribution in [0.3, 0.4) is 0 Å². The zero-order chi connectivity index (χ0) is 52.7. The number of alkyl halides is 3. The summed E-state index contributed by atoms with van der Waals surface area (Å²) in [7, 11) is 5.05. The largest absolute Gasteiger partial charge is 0.464 e. The number of likely N-dealkylation sites (tertiary alicyclic amines) is 1. The number of halogens is 3. The summed E-state index contributed by atoms with van der Waals surface area (Å²) >= 11 is 1.38. The van der Waals surface area contributed by atoms with Gasteiger partial charge in [0.1, 0.15) is 24.7 Å².